The molecule has 170 valence electrons. The van der Waals surface area contributed by atoms with Crippen LogP contribution >= 0.6 is 23.2 Å². The number of benzene rings is 1. The second-order valence-electron chi connectivity index (χ2n) is 7.76. The minimum absolute atomic E-state index is 0.0622. The predicted octanol–water partition coefficient (Wildman–Crippen LogP) is 1.80. The first-order valence-electron chi connectivity index (χ1n) is 9.85. The second-order valence-corrected chi connectivity index (χ2v) is 10.8. The van der Waals surface area contributed by atoms with E-state index in [0.29, 0.717) is 35.0 Å². The van der Waals surface area contributed by atoms with Crippen LogP contribution in [0.15, 0.2) is 18.2 Å². The van der Waals surface area contributed by atoms with E-state index >= 15 is 0 Å². The summed E-state index contributed by atoms with van der Waals surface area (Å²) in [7, 11) is -1.77. The molecular weight excluding hydrogens is 467 g/mol. The third-order valence-corrected chi connectivity index (χ3v) is 8.39. The first-order valence-corrected chi connectivity index (χ1v) is 12.3. The van der Waals surface area contributed by atoms with E-state index in [0.717, 1.165) is 0 Å². The van der Waals surface area contributed by atoms with E-state index in [1.807, 2.05) is 0 Å². The van der Waals surface area contributed by atoms with Gasteiger partial charge in [-0.15, -0.1) is 0 Å². The number of likely N-dealkylation sites (N-methyl/N-ethyl adjacent to an activating group) is 1. The number of para-hydroxylation sites is 1. The molecule has 0 spiro atoms. The van der Waals surface area contributed by atoms with Gasteiger partial charge in [0, 0.05) is 13.5 Å². The first-order chi connectivity index (χ1) is 14.6. The van der Waals surface area contributed by atoms with Crippen molar-refractivity contribution >= 4 is 56.6 Å². The Labute approximate surface area is 190 Å². The summed E-state index contributed by atoms with van der Waals surface area (Å²) in [4.78, 5) is 37.3. The normalized spacial score (nSPS) is 23.6. The maximum Gasteiger partial charge on any atom is 0.315 e. The number of urea groups is 1. The Hall–Kier alpha value is -2.04. The summed E-state index contributed by atoms with van der Waals surface area (Å²) in [6, 6.07) is 3.69. The Morgan fingerprint density at radius 3 is 2.55 bits per heavy atom. The Bertz CT molecular complexity index is 967. The molecule has 1 aromatic carbocycles. The topological polar surface area (TPSA) is 125 Å². The summed E-state index contributed by atoms with van der Waals surface area (Å²) in [6.07, 6.45) is 1.55. The lowest BCUT2D eigenvalue weighted by atomic mass is 10.0. The standard InChI is InChI=1S/C19H24Cl2N4O5S/c1-25(9-15(26)23-17-11(20)5-4-6-12(17)21)16(27)8-3-2-7-14-18-13(10-31(14,29)30)22-19(28)24-18/h4-6,13-14,18H,2-3,7-10H2,1H3,(H,23,26)(H2,22,24,28)/t13-,14-,18-/m1/s1. The molecular formula is C19H24Cl2N4O5S. The molecule has 0 saturated carbocycles. The van der Waals surface area contributed by atoms with Crippen LogP contribution in [0.5, 0.6) is 0 Å². The number of nitrogens with one attached hydrogen (secondary N) is 3. The molecule has 12 heteroatoms. The van der Waals surface area contributed by atoms with E-state index in [4.69, 9.17) is 23.2 Å². The average Bonchev–Trinajstić information content (AvgIpc) is 3.13. The number of carbonyl (C=O) groups is 3. The van der Waals surface area contributed by atoms with Crippen molar-refractivity contribution in [2.75, 3.05) is 24.7 Å². The highest BCUT2D eigenvalue weighted by molar-refractivity contribution is 7.92. The SMILES string of the molecule is CN(CC(=O)Nc1c(Cl)cccc1Cl)C(=O)CCCC[C@@H]1[C@@H]2NC(=O)N[C@@H]2CS1(=O)=O. The van der Waals surface area contributed by atoms with E-state index in [9.17, 15) is 22.8 Å². The summed E-state index contributed by atoms with van der Waals surface area (Å²) in [5, 5.41) is 7.85. The molecule has 0 radical (unpaired) electrons. The molecule has 1 aromatic rings. The predicted molar refractivity (Wildman–Crippen MR) is 118 cm³/mol. The van der Waals surface area contributed by atoms with Crippen LogP contribution in [0.3, 0.4) is 0 Å². The van der Waals surface area contributed by atoms with Gasteiger partial charge in [-0.05, 0) is 25.0 Å². The number of sulfone groups is 1. The van der Waals surface area contributed by atoms with Gasteiger partial charge in [-0.3, -0.25) is 9.59 Å². The van der Waals surface area contributed by atoms with Crippen molar-refractivity contribution < 1.29 is 22.8 Å². The van der Waals surface area contributed by atoms with Crippen LogP contribution in [0.25, 0.3) is 0 Å². The van der Waals surface area contributed by atoms with Crippen molar-refractivity contribution in [2.45, 2.75) is 43.0 Å². The maximum atomic E-state index is 12.3. The number of nitrogens with zero attached hydrogens (tertiary/aromatic N) is 1. The molecule has 0 unspecified atom stereocenters. The maximum absolute atomic E-state index is 12.3. The molecule has 3 atom stereocenters. The van der Waals surface area contributed by atoms with Crippen LogP contribution < -0.4 is 16.0 Å². The van der Waals surface area contributed by atoms with Gasteiger partial charge in [0.15, 0.2) is 9.84 Å². The molecule has 2 aliphatic rings. The molecule has 0 aromatic heterocycles. The van der Waals surface area contributed by atoms with Crippen molar-refractivity contribution in [1.82, 2.24) is 15.5 Å². The third-order valence-electron chi connectivity index (χ3n) is 5.48. The van der Waals surface area contributed by atoms with Gasteiger partial charge in [0.05, 0.1) is 45.4 Å². The second kappa shape index (κ2) is 9.62. The third kappa shape index (κ3) is 5.61. The quantitative estimate of drug-likeness (QED) is 0.378. The molecule has 2 aliphatic heterocycles. The minimum atomic E-state index is -3.29. The fraction of sp³-hybridized carbons (Fsp3) is 0.526. The lowest BCUT2D eigenvalue weighted by Crippen LogP contribution is -2.39. The van der Waals surface area contributed by atoms with Gasteiger partial charge in [0.1, 0.15) is 0 Å². The van der Waals surface area contributed by atoms with Gasteiger partial charge in [0.2, 0.25) is 11.8 Å². The van der Waals surface area contributed by atoms with Crippen molar-refractivity contribution in [2.24, 2.45) is 0 Å². The van der Waals surface area contributed by atoms with E-state index in [1.165, 1.54) is 11.9 Å². The van der Waals surface area contributed by atoms with Gasteiger partial charge >= 0.3 is 6.03 Å². The minimum Gasteiger partial charge on any atom is -0.336 e. The molecule has 0 aliphatic carbocycles. The van der Waals surface area contributed by atoms with Crippen LogP contribution in [0, 0.1) is 0 Å². The molecule has 31 heavy (non-hydrogen) atoms. The zero-order valence-corrected chi connectivity index (χ0v) is 19.2. The number of unbranched alkanes of at least 4 members (excludes halogenated alkanes) is 1. The molecule has 3 N–H and O–H groups in total. The Kier molecular flexibility index (Phi) is 7.33. The Balaban J connectivity index is 1.42. The van der Waals surface area contributed by atoms with Crippen LogP contribution in [0.2, 0.25) is 10.0 Å². The van der Waals surface area contributed by atoms with Crippen molar-refractivity contribution in [3.05, 3.63) is 28.2 Å². The van der Waals surface area contributed by atoms with E-state index in [2.05, 4.69) is 16.0 Å². The van der Waals surface area contributed by atoms with Gasteiger partial charge in [-0.25, -0.2) is 13.2 Å². The Morgan fingerprint density at radius 2 is 1.87 bits per heavy atom. The molecule has 2 saturated heterocycles. The highest BCUT2D eigenvalue weighted by Crippen LogP contribution is 2.30. The monoisotopic (exact) mass is 490 g/mol. The van der Waals surface area contributed by atoms with Gasteiger partial charge in [-0.2, -0.15) is 0 Å². The van der Waals surface area contributed by atoms with Crippen LogP contribution in [0.1, 0.15) is 25.7 Å². The molecule has 0 bridgehead atoms. The number of hydrogen-bond acceptors (Lipinski definition) is 5. The summed E-state index contributed by atoms with van der Waals surface area (Å²) >= 11 is 12.0. The zero-order chi connectivity index (χ0) is 22.8. The number of fused-ring (bicyclic) bond motifs is 1. The van der Waals surface area contributed by atoms with Crippen molar-refractivity contribution in [3.63, 3.8) is 0 Å². The lowest BCUT2D eigenvalue weighted by Gasteiger charge is -2.18. The highest BCUT2D eigenvalue weighted by atomic mass is 35.5. The summed E-state index contributed by atoms with van der Waals surface area (Å²) in [5.41, 5.74) is 0.293. The Morgan fingerprint density at radius 1 is 1.19 bits per heavy atom. The number of anilines is 1. The zero-order valence-electron chi connectivity index (χ0n) is 16.9. The highest BCUT2D eigenvalue weighted by Gasteiger charge is 2.51. The van der Waals surface area contributed by atoms with E-state index in [-0.39, 0.29) is 36.7 Å². The van der Waals surface area contributed by atoms with Gasteiger partial charge in [-0.1, -0.05) is 35.7 Å². The van der Waals surface area contributed by atoms with E-state index in [1.54, 1.807) is 18.2 Å². The number of hydrogen-bond donors (Lipinski definition) is 3. The molecule has 2 fully saturated rings. The van der Waals surface area contributed by atoms with Crippen molar-refractivity contribution in [1.29, 1.82) is 0 Å². The summed E-state index contributed by atoms with van der Waals surface area (Å²) in [6.45, 7) is -0.168. The van der Waals surface area contributed by atoms with Gasteiger partial charge in [0.25, 0.3) is 0 Å². The number of rotatable bonds is 8. The summed E-state index contributed by atoms with van der Waals surface area (Å²) < 4.78 is 24.6. The molecule has 3 rings (SSSR count). The molecule has 4 amide bonds. The van der Waals surface area contributed by atoms with Gasteiger partial charge < -0.3 is 20.9 Å². The number of carbonyl (C=O) groups excluding carboxylic acids is 3. The van der Waals surface area contributed by atoms with Crippen LogP contribution in [-0.2, 0) is 19.4 Å². The molecule has 2 heterocycles. The fourth-order valence-corrected chi connectivity index (χ4v) is 6.68. The van der Waals surface area contributed by atoms with Crippen molar-refractivity contribution in [3.8, 4) is 0 Å². The fourth-order valence-electron chi connectivity index (χ4n) is 3.92. The smallest absolute Gasteiger partial charge is 0.315 e. The average molecular weight is 491 g/mol. The largest absolute Gasteiger partial charge is 0.336 e. The van der Waals surface area contributed by atoms with Crippen LogP contribution in [-0.4, -0.2) is 67.8 Å². The first kappa shape index (κ1) is 23.6. The van der Waals surface area contributed by atoms with Crippen LogP contribution in [0.4, 0.5) is 10.5 Å². The number of amides is 4. The lowest BCUT2D eigenvalue weighted by molar-refractivity contribution is -0.133. The molecule has 9 nitrogen and oxygen atoms in total. The van der Waals surface area contributed by atoms with E-state index < -0.39 is 27.0 Å². The summed E-state index contributed by atoms with van der Waals surface area (Å²) in [5.74, 6) is -0.727. The number of halogens is 2.